The molecule has 142 valence electrons. The summed E-state index contributed by atoms with van der Waals surface area (Å²) in [7, 11) is 0. The summed E-state index contributed by atoms with van der Waals surface area (Å²) in [5.41, 5.74) is 3.11. The minimum Gasteiger partial charge on any atom is -0.378 e. The second kappa shape index (κ2) is 8.19. The molecule has 3 aromatic rings. The van der Waals surface area contributed by atoms with Gasteiger partial charge >= 0.3 is 0 Å². The van der Waals surface area contributed by atoms with E-state index in [0.717, 1.165) is 24.3 Å². The van der Waals surface area contributed by atoms with Crippen LogP contribution < -0.4 is 0 Å². The number of carbonyl (C=O) groups is 1. The lowest BCUT2D eigenvalue weighted by atomic mass is 10.1. The highest BCUT2D eigenvalue weighted by Crippen LogP contribution is 2.24. The number of nitrogens with zero attached hydrogens (tertiary/aromatic N) is 4. The fourth-order valence-corrected chi connectivity index (χ4v) is 3.10. The van der Waals surface area contributed by atoms with Crippen molar-refractivity contribution in [3.8, 4) is 5.69 Å². The van der Waals surface area contributed by atoms with Crippen LogP contribution in [-0.4, -0.2) is 52.9 Å². The van der Waals surface area contributed by atoms with E-state index in [0.29, 0.717) is 30.3 Å². The average molecular weight is 374 g/mol. The SMILES string of the molecule is Cc1ccc(-n2cnc(N=CN3CCOCC3)c2C(=O)c2ccccc2)cc1. The molecular formula is C22H22N4O2. The summed E-state index contributed by atoms with van der Waals surface area (Å²) in [4.78, 5) is 24.3. The zero-order chi connectivity index (χ0) is 19.3. The Kier molecular flexibility index (Phi) is 5.30. The first-order chi connectivity index (χ1) is 13.7. The predicted octanol–water partition coefficient (Wildman–Crippen LogP) is 3.40. The standard InChI is InChI=1S/C22H22N4O2/c1-17-7-9-19(10-8-17)26-16-24-22(23-15-25-11-13-28-14-12-25)20(26)21(27)18-5-3-2-4-6-18/h2-10,15-16H,11-14H2,1H3. The van der Waals surface area contributed by atoms with Gasteiger partial charge < -0.3 is 9.64 Å². The molecule has 6 nitrogen and oxygen atoms in total. The molecule has 2 heterocycles. The highest BCUT2D eigenvalue weighted by molar-refractivity contribution is 6.11. The lowest BCUT2D eigenvalue weighted by molar-refractivity contribution is 0.0701. The van der Waals surface area contributed by atoms with Crippen LogP contribution in [0.2, 0.25) is 0 Å². The molecule has 0 saturated carbocycles. The van der Waals surface area contributed by atoms with Gasteiger partial charge in [-0.3, -0.25) is 9.36 Å². The fourth-order valence-electron chi connectivity index (χ4n) is 3.10. The summed E-state index contributed by atoms with van der Waals surface area (Å²) in [5, 5.41) is 0. The molecule has 2 aromatic carbocycles. The molecule has 1 aliphatic heterocycles. The number of aryl methyl sites for hydroxylation is 1. The lowest BCUT2D eigenvalue weighted by Crippen LogP contribution is -2.35. The van der Waals surface area contributed by atoms with Crippen LogP contribution in [0.5, 0.6) is 0 Å². The quantitative estimate of drug-likeness (QED) is 0.390. The Balaban J connectivity index is 1.74. The monoisotopic (exact) mass is 374 g/mol. The number of hydrogen-bond acceptors (Lipinski definition) is 4. The maximum absolute atomic E-state index is 13.3. The molecule has 0 bridgehead atoms. The van der Waals surface area contributed by atoms with E-state index in [1.807, 2.05) is 61.5 Å². The van der Waals surface area contributed by atoms with Crippen molar-refractivity contribution in [2.45, 2.75) is 6.92 Å². The van der Waals surface area contributed by atoms with Gasteiger partial charge in [0.05, 0.1) is 19.6 Å². The molecule has 0 atom stereocenters. The molecule has 0 spiro atoms. The molecule has 1 aliphatic rings. The number of aromatic nitrogens is 2. The maximum Gasteiger partial charge on any atom is 0.213 e. The largest absolute Gasteiger partial charge is 0.378 e. The Morgan fingerprint density at radius 1 is 1.07 bits per heavy atom. The van der Waals surface area contributed by atoms with Crippen LogP contribution in [0, 0.1) is 6.92 Å². The van der Waals surface area contributed by atoms with Gasteiger partial charge in [0.25, 0.3) is 0 Å². The third-order valence-electron chi connectivity index (χ3n) is 4.70. The van der Waals surface area contributed by atoms with Crippen molar-refractivity contribution in [2.75, 3.05) is 26.3 Å². The Morgan fingerprint density at radius 3 is 2.50 bits per heavy atom. The van der Waals surface area contributed by atoms with E-state index >= 15 is 0 Å². The molecule has 0 amide bonds. The number of morpholine rings is 1. The van der Waals surface area contributed by atoms with Crippen LogP contribution in [0.25, 0.3) is 5.69 Å². The third kappa shape index (κ3) is 3.87. The number of carbonyl (C=O) groups excluding carboxylic acids is 1. The van der Waals surface area contributed by atoms with E-state index in [4.69, 9.17) is 4.74 Å². The van der Waals surface area contributed by atoms with Gasteiger partial charge in [-0.2, -0.15) is 0 Å². The highest BCUT2D eigenvalue weighted by atomic mass is 16.5. The average Bonchev–Trinajstić information content (AvgIpc) is 3.17. The Morgan fingerprint density at radius 2 is 1.79 bits per heavy atom. The van der Waals surface area contributed by atoms with Gasteiger partial charge in [0.2, 0.25) is 5.78 Å². The first kappa shape index (κ1) is 18.1. The number of imidazole rings is 1. The number of ether oxygens (including phenoxy) is 1. The van der Waals surface area contributed by atoms with Gasteiger partial charge in [-0.15, -0.1) is 0 Å². The first-order valence-electron chi connectivity index (χ1n) is 9.32. The van der Waals surface area contributed by atoms with Gasteiger partial charge in [-0.05, 0) is 19.1 Å². The van der Waals surface area contributed by atoms with Gasteiger partial charge in [-0.25, -0.2) is 9.98 Å². The van der Waals surface area contributed by atoms with E-state index in [-0.39, 0.29) is 5.78 Å². The number of aliphatic imine (C=N–C) groups is 1. The summed E-state index contributed by atoms with van der Waals surface area (Å²) >= 11 is 0. The molecule has 0 unspecified atom stereocenters. The van der Waals surface area contributed by atoms with E-state index in [1.54, 1.807) is 17.2 Å². The van der Waals surface area contributed by atoms with Crippen LogP contribution >= 0.6 is 0 Å². The summed E-state index contributed by atoms with van der Waals surface area (Å²) < 4.78 is 7.17. The van der Waals surface area contributed by atoms with Crippen molar-refractivity contribution in [1.29, 1.82) is 0 Å². The van der Waals surface area contributed by atoms with Crippen molar-refractivity contribution in [3.05, 3.63) is 77.7 Å². The summed E-state index contributed by atoms with van der Waals surface area (Å²) in [5.74, 6) is 0.314. The molecule has 0 radical (unpaired) electrons. The number of hydrogen-bond donors (Lipinski definition) is 0. The molecule has 6 heteroatoms. The van der Waals surface area contributed by atoms with E-state index in [9.17, 15) is 4.79 Å². The summed E-state index contributed by atoms with van der Waals surface area (Å²) in [6.07, 6.45) is 3.42. The first-order valence-corrected chi connectivity index (χ1v) is 9.32. The Bertz CT molecular complexity index is 972. The molecule has 1 aromatic heterocycles. The minimum absolute atomic E-state index is 0.104. The predicted molar refractivity (Wildman–Crippen MR) is 109 cm³/mol. The van der Waals surface area contributed by atoms with E-state index in [1.165, 1.54) is 0 Å². The number of ketones is 1. The van der Waals surface area contributed by atoms with E-state index < -0.39 is 0 Å². The van der Waals surface area contributed by atoms with Crippen molar-refractivity contribution in [1.82, 2.24) is 14.5 Å². The normalized spacial score (nSPS) is 14.5. The lowest BCUT2D eigenvalue weighted by Gasteiger charge is -2.23. The van der Waals surface area contributed by atoms with Crippen LogP contribution in [0.4, 0.5) is 5.82 Å². The van der Waals surface area contributed by atoms with Crippen molar-refractivity contribution in [3.63, 3.8) is 0 Å². The summed E-state index contributed by atoms with van der Waals surface area (Å²) in [6.45, 7) is 4.96. The van der Waals surface area contributed by atoms with Crippen molar-refractivity contribution in [2.24, 2.45) is 4.99 Å². The summed E-state index contributed by atoms with van der Waals surface area (Å²) in [6, 6.07) is 17.2. The van der Waals surface area contributed by atoms with Crippen molar-refractivity contribution < 1.29 is 9.53 Å². The van der Waals surface area contributed by atoms with Crippen LogP contribution in [0.1, 0.15) is 21.6 Å². The second-order valence-electron chi connectivity index (χ2n) is 6.71. The molecule has 28 heavy (non-hydrogen) atoms. The second-order valence-corrected chi connectivity index (χ2v) is 6.71. The molecule has 1 fully saturated rings. The minimum atomic E-state index is -0.104. The fraction of sp³-hybridized carbons (Fsp3) is 0.227. The van der Waals surface area contributed by atoms with Gasteiger partial charge in [0.15, 0.2) is 5.82 Å². The zero-order valence-electron chi connectivity index (χ0n) is 15.8. The van der Waals surface area contributed by atoms with Gasteiger partial charge in [0.1, 0.15) is 12.0 Å². The molecule has 4 rings (SSSR count). The Labute approximate surface area is 164 Å². The van der Waals surface area contributed by atoms with E-state index in [2.05, 4.69) is 14.9 Å². The Hall–Kier alpha value is -3.25. The van der Waals surface area contributed by atoms with Gasteiger partial charge in [0, 0.05) is 24.3 Å². The molecular weight excluding hydrogens is 352 g/mol. The maximum atomic E-state index is 13.3. The topological polar surface area (TPSA) is 59.7 Å². The van der Waals surface area contributed by atoms with Crippen LogP contribution in [0.15, 0.2) is 65.9 Å². The third-order valence-corrected chi connectivity index (χ3v) is 4.70. The molecule has 1 saturated heterocycles. The molecule has 0 aliphatic carbocycles. The van der Waals surface area contributed by atoms with Crippen LogP contribution in [0.3, 0.4) is 0 Å². The zero-order valence-corrected chi connectivity index (χ0v) is 15.8. The number of rotatable bonds is 5. The number of benzene rings is 2. The van der Waals surface area contributed by atoms with Crippen LogP contribution in [-0.2, 0) is 4.74 Å². The van der Waals surface area contributed by atoms with Crippen molar-refractivity contribution >= 4 is 17.9 Å². The molecule has 0 N–H and O–H groups in total. The van der Waals surface area contributed by atoms with Gasteiger partial charge in [-0.1, -0.05) is 48.0 Å². The smallest absolute Gasteiger partial charge is 0.213 e. The highest BCUT2D eigenvalue weighted by Gasteiger charge is 2.21.